The second-order valence-electron chi connectivity index (χ2n) is 2.98. The number of nitrogens with one attached hydrogen (secondary N) is 1. The lowest BCUT2D eigenvalue weighted by Crippen LogP contribution is -2.28. The van der Waals surface area contributed by atoms with E-state index >= 15 is 0 Å². The minimum atomic E-state index is 0.543. The van der Waals surface area contributed by atoms with Crippen LogP contribution in [0.15, 0.2) is 0 Å². The molecule has 74 valence electrons. The van der Waals surface area contributed by atoms with Crippen molar-refractivity contribution in [2.75, 3.05) is 34.0 Å². The number of rotatable bonds is 8. The van der Waals surface area contributed by atoms with Crippen LogP contribution >= 0.6 is 0 Å². The first-order valence-electron chi connectivity index (χ1n) is 4.52. The Bertz CT molecular complexity index is 88.6. The maximum atomic E-state index is 4.98. The average Bonchev–Trinajstić information content (AvgIpc) is 2.09. The molecule has 0 saturated carbocycles. The lowest BCUT2D eigenvalue weighted by molar-refractivity contribution is 0.179. The zero-order valence-electron chi connectivity index (χ0n) is 8.43. The fourth-order valence-electron chi connectivity index (χ4n) is 0.962. The molecular formula is C9H21NO2. The number of ether oxygens (including phenoxy) is 2. The van der Waals surface area contributed by atoms with Gasteiger partial charge in [-0.3, -0.25) is 0 Å². The molecule has 0 bridgehead atoms. The fraction of sp³-hybridized carbons (Fsp3) is 1.00. The summed E-state index contributed by atoms with van der Waals surface area (Å²) < 4.78 is 9.92. The van der Waals surface area contributed by atoms with E-state index in [0.717, 1.165) is 32.6 Å². The van der Waals surface area contributed by atoms with Gasteiger partial charge in [0.1, 0.15) is 0 Å². The summed E-state index contributed by atoms with van der Waals surface area (Å²) in [7, 11) is 3.46. The molecule has 0 aromatic rings. The van der Waals surface area contributed by atoms with Gasteiger partial charge < -0.3 is 14.8 Å². The average molecular weight is 175 g/mol. The van der Waals surface area contributed by atoms with Gasteiger partial charge in [0.05, 0.1) is 0 Å². The van der Waals surface area contributed by atoms with Crippen molar-refractivity contribution in [3.8, 4) is 0 Å². The maximum Gasteiger partial charge on any atom is 0.0476 e. The standard InChI is InChI=1S/C9H21NO2/c1-9(5-8-12-3)10-6-4-7-11-2/h9-10H,4-8H2,1-3H3. The smallest absolute Gasteiger partial charge is 0.0476 e. The van der Waals surface area contributed by atoms with Gasteiger partial charge in [-0.2, -0.15) is 0 Å². The summed E-state index contributed by atoms with van der Waals surface area (Å²) in [4.78, 5) is 0. The molecule has 3 nitrogen and oxygen atoms in total. The molecule has 0 aliphatic rings. The van der Waals surface area contributed by atoms with Gasteiger partial charge in [-0.05, 0) is 26.3 Å². The van der Waals surface area contributed by atoms with Crippen molar-refractivity contribution in [3.05, 3.63) is 0 Å². The summed E-state index contributed by atoms with van der Waals surface area (Å²) in [5, 5.41) is 3.39. The van der Waals surface area contributed by atoms with Gasteiger partial charge in [-0.1, -0.05) is 0 Å². The van der Waals surface area contributed by atoms with E-state index in [1.165, 1.54) is 0 Å². The van der Waals surface area contributed by atoms with E-state index in [4.69, 9.17) is 9.47 Å². The van der Waals surface area contributed by atoms with Crippen LogP contribution in [0.3, 0.4) is 0 Å². The first-order valence-corrected chi connectivity index (χ1v) is 4.52. The molecule has 3 heteroatoms. The van der Waals surface area contributed by atoms with Crippen molar-refractivity contribution in [1.82, 2.24) is 5.32 Å². The lowest BCUT2D eigenvalue weighted by Gasteiger charge is -2.12. The summed E-state index contributed by atoms with van der Waals surface area (Å²) in [5.41, 5.74) is 0. The molecule has 0 aliphatic heterocycles. The monoisotopic (exact) mass is 175 g/mol. The van der Waals surface area contributed by atoms with Crippen LogP contribution in [0.4, 0.5) is 0 Å². The Morgan fingerprint density at radius 1 is 1.17 bits per heavy atom. The van der Waals surface area contributed by atoms with Crippen LogP contribution < -0.4 is 5.32 Å². The fourth-order valence-corrected chi connectivity index (χ4v) is 0.962. The molecule has 0 fully saturated rings. The van der Waals surface area contributed by atoms with E-state index in [1.807, 2.05) is 0 Å². The summed E-state index contributed by atoms with van der Waals surface area (Å²) in [6, 6.07) is 0.543. The molecular weight excluding hydrogens is 154 g/mol. The molecule has 0 spiro atoms. The van der Waals surface area contributed by atoms with Crippen molar-refractivity contribution in [2.24, 2.45) is 0 Å². The van der Waals surface area contributed by atoms with Crippen LogP contribution in [-0.2, 0) is 9.47 Å². The van der Waals surface area contributed by atoms with Crippen LogP contribution in [0, 0.1) is 0 Å². The second-order valence-corrected chi connectivity index (χ2v) is 2.98. The molecule has 1 atom stereocenters. The SMILES string of the molecule is COCCCNC(C)CCOC. The molecule has 1 N–H and O–H groups in total. The molecule has 0 rings (SSSR count). The second kappa shape index (κ2) is 8.97. The Balaban J connectivity index is 3.02. The Kier molecular flexibility index (Phi) is 8.88. The minimum Gasteiger partial charge on any atom is -0.385 e. The van der Waals surface area contributed by atoms with Gasteiger partial charge in [0, 0.05) is 33.5 Å². The molecule has 1 unspecified atom stereocenters. The first-order chi connectivity index (χ1) is 5.81. The van der Waals surface area contributed by atoms with E-state index in [0.29, 0.717) is 6.04 Å². The molecule has 12 heavy (non-hydrogen) atoms. The molecule has 0 radical (unpaired) electrons. The Hall–Kier alpha value is -0.120. The zero-order valence-corrected chi connectivity index (χ0v) is 8.43. The quantitative estimate of drug-likeness (QED) is 0.559. The number of hydrogen-bond donors (Lipinski definition) is 1. The van der Waals surface area contributed by atoms with E-state index in [9.17, 15) is 0 Å². The van der Waals surface area contributed by atoms with E-state index in [-0.39, 0.29) is 0 Å². The summed E-state index contributed by atoms with van der Waals surface area (Å²) in [6.07, 6.45) is 2.15. The molecule has 0 aliphatic carbocycles. The van der Waals surface area contributed by atoms with Gasteiger partial charge in [0.25, 0.3) is 0 Å². The Labute approximate surface area is 75.4 Å². The van der Waals surface area contributed by atoms with Crippen LogP contribution in [-0.4, -0.2) is 40.0 Å². The highest BCUT2D eigenvalue weighted by molar-refractivity contribution is 4.59. The number of methoxy groups -OCH3 is 2. The van der Waals surface area contributed by atoms with Crippen molar-refractivity contribution < 1.29 is 9.47 Å². The van der Waals surface area contributed by atoms with E-state index in [1.54, 1.807) is 14.2 Å². The van der Waals surface area contributed by atoms with Crippen molar-refractivity contribution in [2.45, 2.75) is 25.8 Å². The summed E-state index contributed by atoms with van der Waals surface area (Å²) in [5.74, 6) is 0. The maximum absolute atomic E-state index is 4.98. The van der Waals surface area contributed by atoms with E-state index in [2.05, 4.69) is 12.2 Å². The highest BCUT2D eigenvalue weighted by Crippen LogP contribution is 1.90. The van der Waals surface area contributed by atoms with Crippen molar-refractivity contribution in [1.29, 1.82) is 0 Å². The largest absolute Gasteiger partial charge is 0.385 e. The van der Waals surface area contributed by atoms with Gasteiger partial charge in [0.15, 0.2) is 0 Å². The van der Waals surface area contributed by atoms with Gasteiger partial charge in [0.2, 0.25) is 0 Å². The van der Waals surface area contributed by atoms with Gasteiger partial charge >= 0.3 is 0 Å². The predicted octanol–water partition coefficient (Wildman–Crippen LogP) is 1.04. The third kappa shape index (κ3) is 7.98. The van der Waals surface area contributed by atoms with Gasteiger partial charge in [-0.25, -0.2) is 0 Å². The number of hydrogen-bond acceptors (Lipinski definition) is 3. The van der Waals surface area contributed by atoms with Crippen LogP contribution in [0.2, 0.25) is 0 Å². The summed E-state index contributed by atoms with van der Waals surface area (Å²) >= 11 is 0. The van der Waals surface area contributed by atoms with Crippen LogP contribution in [0.25, 0.3) is 0 Å². The van der Waals surface area contributed by atoms with Crippen molar-refractivity contribution >= 4 is 0 Å². The highest BCUT2D eigenvalue weighted by atomic mass is 16.5. The molecule has 0 heterocycles. The molecule has 0 aromatic heterocycles. The zero-order chi connectivity index (χ0) is 9.23. The predicted molar refractivity (Wildman–Crippen MR) is 50.5 cm³/mol. The highest BCUT2D eigenvalue weighted by Gasteiger charge is 1.98. The third-order valence-electron chi connectivity index (χ3n) is 1.77. The molecule has 0 saturated heterocycles. The third-order valence-corrected chi connectivity index (χ3v) is 1.77. The van der Waals surface area contributed by atoms with Crippen LogP contribution in [0.1, 0.15) is 19.8 Å². The minimum absolute atomic E-state index is 0.543. The first kappa shape index (κ1) is 11.9. The lowest BCUT2D eigenvalue weighted by atomic mass is 10.2. The van der Waals surface area contributed by atoms with Crippen LogP contribution in [0.5, 0.6) is 0 Å². The Morgan fingerprint density at radius 2 is 1.83 bits per heavy atom. The molecule has 0 amide bonds. The Morgan fingerprint density at radius 3 is 2.42 bits per heavy atom. The van der Waals surface area contributed by atoms with Gasteiger partial charge in [-0.15, -0.1) is 0 Å². The normalized spacial score (nSPS) is 13.2. The van der Waals surface area contributed by atoms with Crippen molar-refractivity contribution in [3.63, 3.8) is 0 Å². The topological polar surface area (TPSA) is 30.5 Å². The summed E-state index contributed by atoms with van der Waals surface area (Å²) in [6.45, 7) is 4.87. The molecule has 0 aromatic carbocycles. The van der Waals surface area contributed by atoms with E-state index < -0.39 is 0 Å².